The Hall–Kier alpha value is -2.91. The van der Waals surface area contributed by atoms with E-state index in [9.17, 15) is 18.0 Å². The van der Waals surface area contributed by atoms with Crippen LogP contribution in [0, 0.1) is 0 Å². The van der Waals surface area contributed by atoms with Gasteiger partial charge in [-0.2, -0.15) is 0 Å². The molecular formula is C22H26N2O6S. The highest BCUT2D eigenvalue weighted by atomic mass is 32.2. The third-order valence-electron chi connectivity index (χ3n) is 4.92. The predicted molar refractivity (Wildman–Crippen MR) is 116 cm³/mol. The first-order valence-electron chi connectivity index (χ1n) is 10.1. The zero-order valence-electron chi connectivity index (χ0n) is 17.6. The molecule has 0 spiro atoms. The van der Waals surface area contributed by atoms with E-state index in [1.807, 2.05) is 25.1 Å². The van der Waals surface area contributed by atoms with Gasteiger partial charge in [-0.3, -0.25) is 14.5 Å². The van der Waals surface area contributed by atoms with Crippen LogP contribution in [-0.2, 0) is 26.0 Å². The van der Waals surface area contributed by atoms with E-state index in [1.165, 1.54) is 24.3 Å². The van der Waals surface area contributed by atoms with Crippen molar-refractivity contribution in [3.05, 3.63) is 48.0 Å². The quantitative estimate of drug-likeness (QED) is 0.445. The predicted octanol–water partition coefficient (Wildman–Crippen LogP) is 2.66. The third-order valence-corrected chi connectivity index (χ3v) is 6.40. The number of anilines is 1. The number of ether oxygens (including phenoxy) is 2. The molecule has 1 fully saturated rings. The van der Waals surface area contributed by atoms with Gasteiger partial charge in [0.25, 0.3) is 0 Å². The zero-order chi connectivity index (χ0) is 22.4. The number of methoxy groups -OCH3 is 1. The number of carbonyl (C=O) groups is 2. The van der Waals surface area contributed by atoms with Crippen LogP contribution in [0.5, 0.6) is 11.5 Å². The zero-order valence-corrected chi connectivity index (χ0v) is 18.4. The smallest absolute Gasteiger partial charge is 0.240 e. The second kappa shape index (κ2) is 9.93. The standard InChI is InChI=1S/C22H26N2O6S/c1-3-30-19-11-6-16(15-20(19)29-2)5-4-14-23-31(27,28)18-9-7-17(8-10-18)24-21(25)12-13-22(24)26/h6-11,15,23H,3-5,12-14H2,1-2H3. The monoisotopic (exact) mass is 446 g/mol. The highest BCUT2D eigenvalue weighted by molar-refractivity contribution is 7.89. The minimum Gasteiger partial charge on any atom is -0.493 e. The second-order valence-corrected chi connectivity index (χ2v) is 8.80. The molecule has 1 N–H and O–H groups in total. The minimum absolute atomic E-state index is 0.0816. The Morgan fingerprint density at radius 2 is 1.68 bits per heavy atom. The topological polar surface area (TPSA) is 102 Å². The number of sulfonamides is 1. The summed E-state index contributed by atoms with van der Waals surface area (Å²) in [5, 5.41) is 0. The molecule has 2 amide bonds. The van der Waals surface area contributed by atoms with Crippen LogP contribution in [0.4, 0.5) is 5.69 Å². The minimum atomic E-state index is -3.69. The van der Waals surface area contributed by atoms with Crippen LogP contribution in [0.2, 0.25) is 0 Å². The van der Waals surface area contributed by atoms with Gasteiger partial charge in [-0.1, -0.05) is 6.07 Å². The van der Waals surface area contributed by atoms with E-state index in [0.29, 0.717) is 36.6 Å². The van der Waals surface area contributed by atoms with E-state index in [0.717, 1.165) is 10.5 Å². The van der Waals surface area contributed by atoms with E-state index in [1.54, 1.807) is 7.11 Å². The molecule has 0 bridgehead atoms. The van der Waals surface area contributed by atoms with Crippen LogP contribution in [-0.4, -0.2) is 40.5 Å². The first-order valence-corrected chi connectivity index (χ1v) is 11.6. The molecule has 0 aromatic heterocycles. The van der Waals surface area contributed by atoms with Crippen LogP contribution in [0.15, 0.2) is 47.4 Å². The van der Waals surface area contributed by atoms with Gasteiger partial charge in [0, 0.05) is 19.4 Å². The highest BCUT2D eigenvalue weighted by Crippen LogP contribution is 2.28. The van der Waals surface area contributed by atoms with Crippen molar-refractivity contribution in [3.8, 4) is 11.5 Å². The normalized spacial score (nSPS) is 14.2. The molecule has 0 radical (unpaired) electrons. The summed E-state index contributed by atoms with van der Waals surface area (Å²) in [4.78, 5) is 24.8. The van der Waals surface area contributed by atoms with E-state index >= 15 is 0 Å². The van der Waals surface area contributed by atoms with Crippen LogP contribution >= 0.6 is 0 Å². The number of hydrogen-bond donors (Lipinski definition) is 1. The number of benzene rings is 2. The number of amides is 2. The maximum absolute atomic E-state index is 12.5. The summed E-state index contributed by atoms with van der Waals surface area (Å²) in [6.45, 7) is 2.71. The average molecular weight is 447 g/mol. The molecular weight excluding hydrogens is 420 g/mol. The number of carbonyl (C=O) groups excluding carboxylic acids is 2. The molecule has 0 unspecified atom stereocenters. The Labute approximate surface area is 182 Å². The van der Waals surface area contributed by atoms with Crippen molar-refractivity contribution in [1.29, 1.82) is 0 Å². The van der Waals surface area contributed by atoms with Crippen molar-refractivity contribution in [2.45, 2.75) is 37.5 Å². The maximum Gasteiger partial charge on any atom is 0.240 e. The Balaban J connectivity index is 1.55. The van der Waals surface area contributed by atoms with E-state index < -0.39 is 10.0 Å². The van der Waals surface area contributed by atoms with Crippen LogP contribution in [0.3, 0.4) is 0 Å². The molecule has 1 heterocycles. The van der Waals surface area contributed by atoms with Crippen molar-refractivity contribution in [2.24, 2.45) is 0 Å². The number of hydrogen-bond acceptors (Lipinski definition) is 6. The van der Waals surface area contributed by atoms with E-state index in [4.69, 9.17) is 9.47 Å². The summed E-state index contributed by atoms with van der Waals surface area (Å²) in [5.41, 5.74) is 1.40. The van der Waals surface area contributed by atoms with Gasteiger partial charge >= 0.3 is 0 Å². The van der Waals surface area contributed by atoms with Gasteiger partial charge in [-0.05, 0) is 61.7 Å². The molecule has 0 atom stereocenters. The first-order chi connectivity index (χ1) is 14.9. The molecule has 8 nitrogen and oxygen atoms in total. The van der Waals surface area contributed by atoms with Gasteiger partial charge in [-0.15, -0.1) is 0 Å². The molecule has 1 aliphatic rings. The van der Waals surface area contributed by atoms with Gasteiger partial charge in [0.05, 0.1) is 24.3 Å². The fourth-order valence-electron chi connectivity index (χ4n) is 3.36. The number of aryl methyl sites for hydroxylation is 1. The molecule has 3 rings (SSSR count). The van der Waals surface area contributed by atoms with Gasteiger partial charge in [0.2, 0.25) is 21.8 Å². The van der Waals surface area contributed by atoms with Crippen LogP contribution in [0.1, 0.15) is 31.7 Å². The molecule has 2 aromatic rings. The molecule has 31 heavy (non-hydrogen) atoms. The molecule has 0 aliphatic carbocycles. The van der Waals surface area contributed by atoms with Crippen molar-refractivity contribution in [3.63, 3.8) is 0 Å². The van der Waals surface area contributed by atoms with Crippen molar-refractivity contribution >= 4 is 27.5 Å². The summed E-state index contributed by atoms with van der Waals surface area (Å²) in [6, 6.07) is 11.4. The summed E-state index contributed by atoms with van der Waals surface area (Å²) in [5.74, 6) is 0.777. The number of nitrogens with one attached hydrogen (secondary N) is 1. The van der Waals surface area contributed by atoms with Gasteiger partial charge in [0.15, 0.2) is 11.5 Å². The lowest BCUT2D eigenvalue weighted by atomic mass is 10.1. The van der Waals surface area contributed by atoms with E-state index in [2.05, 4.69) is 4.72 Å². The Morgan fingerprint density at radius 3 is 2.29 bits per heavy atom. The molecule has 0 saturated carbocycles. The van der Waals surface area contributed by atoms with Crippen molar-refractivity contribution in [2.75, 3.05) is 25.2 Å². The largest absolute Gasteiger partial charge is 0.493 e. The van der Waals surface area contributed by atoms with Crippen molar-refractivity contribution in [1.82, 2.24) is 4.72 Å². The van der Waals surface area contributed by atoms with Gasteiger partial charge in [0.1, 0.15) is 0 Å². The van der Waals surface area contributed by atoms with Crippen LogP contribution < -0.4 is 19.1 Å². The lowest BCUT2D eigenvalue weighted by Crippen LogP contribution is -2.29. The van der Waals surface area contributed by atoms with Crippen LogP contribution in [0.25, 0.3) is 0 Å². The summed E-state index contributed by atoms with van der Waals surface area (Å²) >= 11 is 0. The second-order valence-electron chi connectivity index (χ2n) is 7.04. The maximum atomic E-state index is 12.5. The summed E-state index contributed by atoms with van der Waals surface area (Å²) < 4.78 is 38.5. The Morgan fingerprint density at radius 1 is 1.00 bits per heavy atom. The Bertz CT molecular complexity index is 1030. The fraction of sp³-hybridized carbons (Fsp3) is 0.364. The SMILES string of the molecule is CCOc1ccc(CCCNS(=O)(=O)c2ccc(N3C(=O)CCC3=O)cc2)cc1OC. The molecule has 166 valence electrons. The van der Waals surface area contributed by atoms with Gasteiger partial charge in [-0.25, -0.2) is 13.1 Å². The lowest BCUT2D eigenvalue weighted by molar-refractivity contribution is -0.121. The molecule has 1 aliphatic heterocycles. The van der Waals surface area contributed by atoms with E-state index in [-0.39, 0.29) is 36.1 Å². The third kappa shape index (κ3) is 5.42. The molecule has 2 aromatic carbocycles. The first kappa shape index (κ1) is 22.8. The molecule has 1 saturated heterocycles. The Kier molecular flexibility index (Phi) is 7.29. The number of nitrogens with zero attached hydrogens (tertiary/aromatic N) is 1. The highest BCUT2D eigenvalue weighted by Gasteiger charge is 2.30. The summed E-state index contributed by atoms with van der Waals surface area (Å²) in [7, 11) is -2.11. The van der Waals surface area contributed by atoms with Gasteiger partial charge < -0.3 is 9.47 Å². The van der Waals surface area contributed by atoms with Crippen molar-refractivity contribution < 1.29 is 27.5 Å². The fourth-order valence-corrected chi connectivity index (χ4v) is 4.44. The number of rotatable bonds is 10. The number of imide groups is 1. The molecule has 9 heteroatoms. The lowest BCUT2D eigenvalue weighted by Gasteiger charge is -2.14. The average Bonchev–Trinajstić information content (AvgIpc) is 3.10. The summed E-state index contributed by atoms with van der Waals surface area (Å²) in [6.07, 6.45) is 1.63.